The Hall–Kier alpha value is -0.770. The van der Waals surface area contributed by atoms with Crippen molar-refractivity contribution in [1.82, 2.24) is 15.1 Å². The zero-order valence-corrected chi connectivity index (χ0v) is 9.54. The van der Waals surface area contributed by atoms with Crippen molar-refractivity contribution in [2.45, 2.75) is 31.7 Å². The third-order valence-corrected chi connectivity index (χ3v) is 3.53. The molecule has 1 N–H and O–H groups in total. The van der Waals surface area contributed by atoms with Gasteiger partial charge in [0.25, 0.3) is 0 Å². The first-order valence-corrected chi connectivity index (χ1v) is 6.01. The maximum absolute atomic E-state index is 12.1. The normalized spacial score (nSPS) is 23.1. The summed E-state index contributed by atoms with van der Waals surface area (Å²) in [7, 11) is 1.96. The molecule has 0 spiro atoms. The van der Waals surface area contributed by atoms with Crippen LogP contribution in [0.5, 0.6) is 0 Å². The number of piperidine rings is 1. The van der Waals surface area contributed by atoms with Crippen molar-refractivity contribution in [2.75, 3.05) is 33.2 Å². The fourth-order valence-corrected chi connectivity index (χ4v) is 2.48. The topological polar surface area (TPSA) is 35.6 Å². The van der Waals surface area contributed by atoms with Gasteiger partial charge < -0.3 is 15.1 Å². The van der Waals surface area contributed by atoms with Gasteiger partial charge in [0.15, 0.2) is 0 Å². The van der Waals surface area contributed by atoms with Crippen molar-refractivity contribution in [3.8, 4) is 0 Å². The van der Waals surface area contributed by atoms with Crippen LogP contribution in [0.25, 0.3) is 0 Å². The van der Waals surface area contributed by atoms with E-state index in [-0.39, 0.29) is 6.03 Å². The van der Waals surface area contributed by atoms with Gasteiger partial charge in [0.05, 0.1) is 0 Å². The van der Waals surface area contributed by atoms with Gasteiger partial charge in [0.1, 0.15) is 0 Å². The second-order valence-electron chi connectivity index (χ2n) is 4.57. The van der Waals surface area contributed by atoms with E-state index in [4.69, 9.17) is 0 Å². The number of hydrogen-bond acceptors (Lipinski definition) is 2. The molecule has 2 saturated heterocycles. The molecule has 15 heavy (non-hydrogen) atoms. The van der Waals surface area contributed by atoms with Crippen molar-refractivity contribution in [3.05, 3.63) is 0 Å². The molecule has 2 fully saturated rings. The number of carbonyl (C=O) groups excluding carboxylic acids is 1. The van der Waals surface area contributed by atoms with E-state index >= 15 is 0 Å². The summed E-state index contributed by atoms with van der Waals surface area (Å²) in [5, 5.41) is 3.33. The number of nitrogens with one attached hydrogen (secondary N) is 1. The average Bonchev–Trinajstić information content (AvgIpc) is 2.82. The first-order valence-electron chi connectivity index (χ1n) is 6.01. The number of nitrogens with zero attached hydrogens (tertiary/aromatic N) is 2. The van der Waals surface area contributed by atoms with Crippen LogP contribution in [0.4, 0.5) is 4.79 Å². The fourth-order valence-electron chi connectivity index (χ4n) is 2.48. The summed E-state index contributed by atoms with van der Waals surface area (Å²) < 4.78 is 0. The molecule has 0 atom stereocenters. The van der Waals surface area contributed by atoms with E-state index in [9.17, 15) is 4.79 Å². The van der Waals surface area contributed by atoms with Gasteiger partial charge in [-0.3, -0.25) is 0 Å². The lowest BCUT2D eigenvalue weighted by Gasteiger charge is -2.34. The van der Waals surface area contributed by atoms with E-state index in [0.29, 0.717) is 6.04 Å². The molecule has 0 aromatic heterocycles. The Balaban J connectivity index is 1.87. The van der Waals surface area contributed by atoms with E-state index in [1.807, 2.05) is 16.8 Å². The number of likely N-dealkylation sites (tertiary alicyclic amines) is 1. The van der Waals surface area contributed by atoms with Gasteiger partial charge in [0.2, 0.25) is 0 Å². The molecule has 2 heterocycles. The van der Waals surface area contributed by atoms with Crippen molar-refractivity contribution in [1.29, 1.82) is 0 Å². The predicted octanol–water partition coefficient (Wildman–Crippen LogP) is 0.886. The monoisotopic (exact) mass is 211 g/mol. The Morgan fingerprint density at radius 3 is 2.47 bits per heavy atom. The van der Waals surface area contributed by atoms with E-state index < -0.39 is 0 Å². The molecule has 4 heteroatoms. The van der Waals surface area contributed by atoms with Crippen LogP contribution in [0.3, 0.4) is 0 Å². The Bertz CT molecular complexity index is 220. The molecular formula is C11H21N3O. The Morgan fingerprint density at radius 1 is 1.27 bits per heavy atom. The molecule has 2 aliphatic rings. The molecule has 86 valence electrons. The van der Waals surface area contributed by atoms with Gasteiger partial charge in [-0.25, -0.2) is 4.79 Å². The predicted molar refractivity (Wildman–Crippen MR) is 59.9 cm³/mol. The van der Waals surface area contributed by atoms with Gasteiger partial charge in [-0.1, -0.05) is 0 Å². The number of amides is 2. The molecule has 4 nitrogen and oxygen atoms in total. The second-order valence-corrected chi connectivity index (χ2v) is 4.57. The third-order valence-electron chi connectivity index (χ3n) is 3.53. The van der Waals surface area contributed by atoms with Crippen molar-refractivity contribution in [3.63, 3.8) is 0 Å². The molecule has 0 radical (unpaired) electrons. The maximum atomic E-state index is 12.1. The maximum Gasteiger partial charge on any atom is 0.319 e. The van der Waals surface area contributed by atoms with Crippen LogP contribution in [-0.4, -0.2) is 55.1 Å². The first-order chi connectivity index (χ1) is 7.29. The Labute approximate surface area is 91.6 Å². The molecule has 0 saturated carbocycles. The number of carbonyl (C=O) groups is 1. The van der Waals surface area contributed by atoms with Crippen molar-refractivity contribution < 1.29 is 4.79 Å². The smallest absolute Gasteiger partial charge is 0.319 e. The van der Waals surface area contributed by atoms with Gasteiger partial charge in [-0.05, 0) is 38.8 Å². The SMILES string of the molecule is CN(C(=O)N1CCCC1)C1CCNCC1. The van der Waals surface area contributed by atoms with Gasteiger partial charge in [0, 0.05) is 26.2 Å². The highest BCUT2D eigenvalue weighted by Crippen LogP contribution is 2.15. The number of hydrogen-bond donors (Lipinski definition) is 1. The highest BCUT2D eigenvalue weighted by atomic mass is 16.2. The minimum absolute atomic E-state index is 0.236. The molecule has 2 amide bonds. The van der Waals surface area contributed by atoms with Gasteiger partial charge in [-0.15, -0.1) is 0 Å². The summed E-state index contributed by atoms with van der Waals surface area (Å²) in [5.41, 5.74) is 0. The average molecular weight is 211 g/mol. The molecule has 0 aromatic carbocycles. The minimum atomic E-state index is 0.236. The Morgan fingerprint density at radius 2 is 1.87 bits per heavy atom. The largest absolute Gasteiger partial charge is 0.325 e. The van der Waals surface area contributed by atoms with Crippen LogP contribution in [0, 0.1) is 0 Å². The molecule has 0 unspecified atom stereocenters. The Kier molecular flexibility index (Phi) is 3.46. The van der Waals surface area contributed by atoms with Crippen LogP contribution in [0.2, 0.25) is 0 Å². The first kappa shape index (κ1) is 10.7. The van der Waals surface area contributed by atoms with Crippen molar-refractivity contribution >= 4 is 6.03 Å². The zero-order chi connectivity index (χ0) is 10.7. The molecule has 0 aromatic rings. The van der Waals surface area contributed by atoms with Gasteiger partial charge in [-0.2, -0.15) is 0 Å². The quantitative estimate of drug-likeness (QED) is 0.699. The minimum Gasteiger partial charge on any atom is -0.325 e. The molecule has 2 rings (SSSR count). The lowest BCUT2D eigenvalue weighted by molar-refractivity contribution is 0.145. The summed E-state index contributed by atoms with van der Waals surface area (Å²) in [5.74, 6) is 0. The summed E-state index contributed by atoms with van der Waals surface area (Å²) in [6.07, 6.45) is 4.53. The zero-order valence-electron chi connectivity index (χ0n) is 9.54. The van der Waals surface area contributed by atoms with Gasteiger partial charge >= 0.3 is 6.03 Å². The summed E-state index contributed by atoms with van der Waals surface area (Å²) >= 11 is 0. The summed E-state index contributed by atoms with van der Waals surface area (Å²) in [6.45, 7) is 3.99. The van der Waals surface area contributed by atoms with Crippen LogP contribution >= 0.6 is 0 Å². The van der Waals surface area contributed by atoms with Crippen LogP contribution < -0.4 is 5.32 Å². The highest BCUT2D eigenvalue weighted by Gasteiger charge is 2.26. The van der Waals surface area contributed by atoms with E-state index in [0.717, 1.165) is 39.0 Å². The molecule has 0 bridgehead atoms. The second kappa shape index (κ2) is 4.84. The number of rotatable bonds is 1. The lowest BCUT2D eigenvalue weighted by Crippen LogP contribution is -2.48. The van der Waals surface area contributed by atoms with Crippen molar-refractivity contribution in [2.24, 2.45) is 0 Å². The summed E-state index contributed by atoms with van der Waals surface area (Å²) in [4.78, 5) is 16.0. The molecule has 0 aliphatic carbocycles. The fraction of sp³-hybridized carbons (Fsp3) is 0.909. The van der Waals surface area contributed by atoms with E-state index in [1.54, 1.807) is 0 Å². The highest BCUT2D eigenvalue weighted by molar-refractivity contribution is 5.74. The third kappa shape index (κ3) is 2.43. The molecule has 2 aliphatic heterocycles. The lowest BCUT2D eigenvalue weighted by atomic mass is 10.1. The summed E-state index contributed by atoms with van der Waals surface area (Å²) in [6, 6.07) is 0.679. The standard InChI is InChI=1S/C11H21N3O/c1-13(10-4-6-12-7-5-10)11(15)14-8-2-3-9-14/h10,12H,2-9H2,1H3. The van der Waals surface area contributed by atoms with E-state index in [2.05, 4.69) is 5.32 Å². The molecular weight excluding hydrogens is 190 g/mol. The van der Waals surface area contributed by atoms with Crippen LogP contribution in [0.1, 0.15) is 25.7 Å². The van der Waals surface area contributed by atoms with Crippen LogP contribution in [0.15, 0.2) is 0 Å². The van der Waals surface area contributed by atoms with E-state index in [1.165, 1.54) is 12.8 Å². The number of urea groups is 1. The van der Waals surface area contributed by atoms with Crippen LogP contribution in [-0.2, 0) is 0 Å².